The summed E-state index contributed by atoms with van der Waals surface area (Å²) in [5.74, 6) is 0.580. The number of anilines is 1. The average Bonchev–Trinajstić information content (AvgIpc) is 3.16. The highest BCUT2D eigenvalue weighted by Gasteiger charge is 2.24. The van der Waals surface area contributed by atoms with Gasteiger partial charge in [0, 0.05) is 43.5 Å². The lowest BCUT2D eigenvalue weighted by atomic mass is 9.99. The van der Waals surface area contributed by atoms with Crippen molar-refractivity contribution in [2.24, 2.45) is 0 Å². The van der Waals surface area contributed by atoms with E-state index in [4.69, 9.17) is 4.42 Å². The third-order valence-corrected chi connectivity index (χ3v) is 5.57. The van der Waals surface area contributed by atoms with Gasteiger partial charge in [-0.3, -0.25) is 4.90 Å². The van der Waals surface area contributed by atoms with Crippen molar-refractivity contribution >= 4 is 5.69 Å². The van der Waals surface area contributed by atoms with Crippen molar-refractivity contribution in [2.75, 3.05) is 24.5 Å². The van der Waals surface area contributed by atoms with Gasteiger partial charge in [-0.2, -0.15) is 0 Å². The van der Waals surface area contributed by atoms with Gasteiger partial charge in [0.25, 0.3) is 0 Å². The number of allylic oxidation sites excluding steroid dienone is 1. The molecule has 1 aromatic heterocycles. The summed E-state index contributed by atoms with van der Waals surface area (Å²) in [5.41, 5.74) is 5.43. The number of benzene rings is 1. The Morgan fingerprint density at radius 2 is 1.85 bits per heavy atom. The summed E-state index contributed by atoms with van der Waals surface area (Å²) in [6.45, 7) is 13.2. The maximum Gasteiger partial charge on any atom is 0.0947 e. The molecule has 1 saturated heterocycles. The number of hydrogen-bond donors (Lipinski definition) is 0. The summed E-state index contributed by atoms with van der Waals surface area (Å²) >= 11 is 0. The topological polar surface area (TPSA) is 19.6 Å². The molecule has 0 atom stereocenters. The molecule has 2 aromatic rings. The van der Waals surface area contributed by atoms with Crippen LogP contribution in [0.1, 0.15) is 57.6 Å². The van der Waals surface area contributed by atoms with Gasteiger partial charge in [-0.1, -0.05) is 37.6 Å². The van der Waals surface area contributed by atoms with Crippen LogP contribution < -0.4 is 4.90 Å². The van der Waals surface area contributed by atoms with E-state index in [-0.39, 0.29) is 0 Å². The fraction of sp³-hybridized carbons (Fsp3) is 0.500. The van der Waals surface area contributed by atoms with E-state index in [1.807, 2.05) is 6.26 Å². The van der Waals surface area contributed by atoms with Crippen LogP contribution >= 0.6 is 0 Å². The highest BCUT2D eigenvalue weighted by Crippen LogP contribution is 2.26. The Labute approximate surface area is 164 Å². The third kappa shape index (κ3) is 5.49. The van der Waals surface area contributed by atoms with Crippen molar-refractivity contribution < 1.29 is 4.42 Å². The first kappa shape index (κ1) is 19.8. The zero-order valence-electron chi connectivity index (χ0n) is 17.3. The molecule has 3 heteroatoms. The molecule has 0 aliphatic carbocycles. The smallest absolute Gasteiger partial charge is 0.0947 e. The molecule has 1 aromatic carbocycles. The second-order valence-electron chi connectivity index (χ2n) is 8.32. The molecule has 0 spiro atoms. The molecule has 1 aliphatic heterocycles. The van der Waals surface area contributed by atoms with E-state index in [0.717, 1.165) is 26.2 Å². The summed E-state index contributed by atoms with van der Waals surface area (Å²) in [4.78, 5) is 5.15. The minimum Gasteiger partial charge on any atom is -0.472 e. The van der Waals surface area contributed by atoms with Crippen LogP contribution in [-0.2, 0) is 6.54 Å². The highest BCUT2D eigenvalue weighted by atomic mass is 16.3. The van der Waals surface area contributed by atoms with Crippen LogP contribution in [0.4, 0.5) is 5.69 Å². The summed E-state index contributed by atoms with van der Waals surface area (Å²) in [6, 6.07) is 11.9. The van der Waals surface area contributed by atoms with Gasteiger partial charge in [0.2, 0.25) is 0 Å². The van der Waals surface area contributed by atoms with E-state index in [2.05, 4.69) is 73.9 Å². The standard InChI is InChI=1S/C24H34N2O/c1-19(2)9-15-26(23-7-5-22(6-8-23)20(3)4)24-10-13-25(14-11-24)17-21-12-16-27-18-21/h5-9,12,16,18,20,24H,10-11,13-15,17H2,1-4H3. The second-order valence-corrected chi connectivity index (χ2v) is 8.32. The SMILES string of the molecule is CC(C)=CCN(c1ccc(C(C)C)cc1)C1CCN(Cc2ccoc2)CC1. The Kier molecular flexibility index (Phi) is 6.78. The molecule has 2 heterocycles. The summed E-state index contributed by atoms with van der Waals surface area (Å²) in [6.07, 6.45) is 8.41. The molecular weight excluding hydrogens is 332 g/mol. The predicted octanol–water partition coefficient (Wildman–Crippen LogP) is 5.84. The summed E-state index contributed by atoms with van der Waals surface area (Å²) in [7, 11) is 0. The van der Waals surface area contributed by atoms with E-state index in [9.17, 15) is 0 Å². The quantitative estimate of drug-likeness (QED) is 0.574. The maximum atomic E-state index is 5.21. The number of hydrogen-bond acceptors (Lipinski definition) is 3. The molecule has 146 valence electrons. The van der Waals surface area contributed by atoms with Gasteiger partial charge >= 0.3 is 0 Å². The van der Waals surface area contributed by atoms with E-state index < -0.39 is 0 Å². The lowest BCUT2D eigenvalue weighted by Crippen LogP contribution is -2.45. The van der Waals surface area contributed by atoms with E-state index in [1.165, 1.54) is 35.2 Å². The van der Waals surface area contributed by atoms with Gasteiger partial charge < -0.3 is 9.32 Å². The molecule has 0 unspecified atom stereocenters. The molecule has 27 heavy (non-hydrogen) atoms. The summed E-state index contributed by atoms with van der Waals surface area (Å²) < 4.78 is 5.21. The van der Waals surface area contributed by atoms with Crippen LogP contribution in [0.2, 0.25) is 0 Å². The van der Waals surface area contributed by atoms with Crippen molar-refractivity contribution in [3.05, 3.63) is 65.6 Å². The third-order valence-electron chi connectivity index (χ3n) is 5.57. The first-order valence-electron chi connectivity index (χ1n) is 10.3. The fourth-order valence-electron chi connectivity index (χ4n) is 3.83. The number of likely N-dealkylation sites (tertiary alicyclic amines) is 1. The maximum absolute atomic E-state index is 5.21. The molecular formula is C24H34N2O. The molecule has 1 fully saturated rings. The first-order chi connectivity index (χ1) is 13.0. The molecule has 3 nitrogen and oxygen atoms in total. The minimum atomic E-state index is 0.580. The van der Waals surface area contributed by atoms with E-state index >= 15 is 0 Å². The Hall–Kier alpha value is -2.00. The first-order valence-corrected chi connectivity index (χ1v) is 10.3. The Morgan fingerprint density at radius 3 is 2.41 bits per heavy atom. The summed E-state index contributed by atoms with van der Waals surface area (Å²) in [5, 5.41) is 0. The number of rotatable bonds is 7. The van der Waals surface area contributed by atoms with Crippen LogP contribution in [0.3, 0.4) is 0 Å². The van der Waals surface area contributed by atoms with Gasteiger partial charge in [0.05, 0.1) is 12.5 Å². The zero-order valence-corrected chi connectivity index (χ0v) is 17.3. The van der Waals surface area contributed by atoms with Crippen LogP contribution in [0.5, 0.6) is 0 Å². The van der Waals surface area contributed by atoms with Gasteiger partial charge in [-0.15, -0.1) is 0 Å². The van der Waals surface area contributed by atoms with Crippen molar-refractivity contribution in [1.29, 1.82) is 0 Å². The van der Waals surface area contributed by atoms with Crippen LogP contribution in [-0.4, -0.2) is 30.6 Å². The van der Waals surface area contributed by atoms with Crippen molar-refractivity contribution in [3.8, 4) is 0 Å². The van der Waals surface area contributed by atoms with E-state index in [0.29, 0.717) is 12.0 Å². The molecule has 0 radical (unpaired) electrons. The van der Waals surface area contributed by atoms with Gasteiger partial charge in [-0.25, -0.2) is 0 Å². The van der Waals surface area contributed by atoms with Crippen LogP contribution in [0.15, 0.2) is 58.9 Å². The van der Waals surface area contributed by atoms with Crippen molar-refractivity contribution in [1.82, 2.24) is 4.90 Å². The Balaban J connectivity index is 1.67. The zero-order chi connectivity index (χ0) is 19.2. The minimum absolute atomic E-state index is 0.580. The number of furan rings is 1. The number of nitrogens with zero attached hydrogens (tertiary/aromatic N) is 2. The molecule has 3 rings (SSSR count). The van der Waals surface area contributed by atoms with Gasteiger partial charge in [-0.05, 0) is 56.4 Å². The van der Waals surface area contributed by atoms with Gasteiger partial charge in [0.15, 0.2) is 0 Å². The molecule has 0 bridgehead atoms. The van der Waals surface area contributed by atoms with Crippen molar-refractivity contribution in [3.63, 3.8) is 0 Å². The molecule has 0 N–H and O–H groups in total. The lowest BCUT2D eigenvalue weighted by Gasteiger charge is -2.39. The Bertz CT molecular complexity index is 703. The fourth-order valence-corrected chi connectivity index (χ4v) is 3.83. The van der Waals surface area contributed by atoms with Gasteiger partial charge in [0.1, 0.15) is 0 Å². The highest BCUT2D eigenvalue weighted by molar-refractivity contribution is 5.50. The van der Waals surface area contributed by atoms with E-state index in [1.54, 1.807) is 6.26 Å². The predicted molar refractivity (Wildman–Crippen MR) is 114 cm³/mol. The molecule has 0 amide bonds. The molecule has 0 saturated carbocycles. The molecule has 1 aliphatic rings. The van der Waals surface area contributed by atoms with Crippen LogP contribution in [0.25, 0.3) is 0 Å². The van der Waals surface area contributed by atoms with Crippen molar-refractivity contribution in [2.45, 2.75) is 59.0 Å². The lowest BCUT2D eigenvalue weighted by molar-refractivity contribution is 0.202. The number of piperidine rings is 1. The van der Waals surface area contributed by atoms with Crippen LogP contribution in [0, 0.1) is 0 Å². The Morgan fingerprint density at radius 1 is 1.15 bits per heavy atom. The monoisotopic (exact) mass is 366 g/mol. The normalized spacial score (nSPS) is 15.9. The largest absolute Gasteiger partial charge is 0.472 e. The second kappa shape index (κ2) is 9.27. The average molecular weight is 367 g/mol.